The van der Waals surface area contributed by atoms with Gasteiger partial charge in [0.05, 0.1) is 0 Å². The number of hydrogen-bond donors (Lipinski definition) is 0. The first-order valence-corrected chi connectivity index (χ1v) is 5.58. The highest BCUT2D eigenvalue weighted by atomic mass is 16.5. The summed E-state index contributed by atoms with van der Waals surface area (Å²) in [6.45, 7) is 6.00. The van der Waals surface area contributed by atoms with Gasteiger partial charge >= 0.3 is 0 Å². The summed E-state index contributed by atoms with van der Waals surface area (Å²) in [6, 6.07) is 12.7. The Morgan fingerprint density at radius 1 is 1.25 bits per heavy atom. The van der Waals surface area contributed by atoms with Crippen molar-refractivity contribution in [1.29, 1.82) is 0 Å². The van der Waals surface area contributed by atoms with Crippen molar-refractivity contribution >= 4 is 10.8 Å². The quantitative estimate of drug-likeness (QED) is 0.652. The van der Waals surface area contributed by atoms with Crippen LogP contribution in [0.4, 0.5) is 0 Å². The van der Waals surface area contributed by atoms with Gasteiger partial charge in [-0.15, -0.1) is 0 Å². The van der Waals surface area contributed by atoms with Crippen molar-refractivity contribution in [2.45, 2.75) is 19.4 Å². The molecule has 1 unspecified atom stereocenters. The lowest BCUT2D eigenvalue weighted by Crippen LogP contribution is -2.13. The number of rotatable bonds is 1. The lowest BCUT2D eigenvalue weighted by atomic mass is 10.0. The van der Waals surface area contributed by atoms with Crippen LogP contribution in [0.3, 0.4) is 0 Å². The van der Waals surface area contributed by atoms with Gasteiger partial charge in [0.25, 0.3) is 0 Å². The van der Waals surface area contributed by atoms with Crippen LogP contribution in [0.1, 0.15) is 12.5 Å². The van der Waals surface area contributed by atoms with Crippen molar-refractivity contribution in [3.05, 3.63) is 54.1 Å². The maximum Gasteiger partial charge on any atom is 0.131 e. The minimum Gasteiger partial charge on any atom is -0.485 e. The minimum atomic E-state index is 0.154. The monoisotopic (exact) mass is 210 g/mol. The molecule has 0 aromatic heterocycles. The van der Waals surface area contributed by atoms with E-state index in [-0.39, 0.29) is 6.10 Å². The molecule has 0 amide bonds. The first-order chi connectivity index (χ1) is 7.75. The highest BCUT2D eigenvalue weighted by Crippen LogP contribution is 2.37. The lowest BCUT2D eigenvalue weighted by molar-refractivity contribution is 0.273. The van der Waals surface area contributed by atoms with Crippen LogP contribution in [-0.4, -0.2) is 6.10 Å². The van der Waals surface area contributed by atoms with E-state index in [9.17, 15) is 0 Å². The van der Waals surface area contributed by atoms with Gasteiger partial charge in [-0.2, -0.15) is 0 Å². The van der Waals surface area contributed by atoms with Crippen LogP contribution in [0.5, 0.6) is 5.75 Å². The Kier molecular flexibility index (Phi) is 2.00. The molecule has 0 saturated heterocycles. The van der Waals surface area contributed by atoms with E-state index in [1.165, 1.54) is 16.3 Å². The van der Waals surface area contributed by atoms with E-state index in [0.717, 1.165) is 17.7 Å². The Morgan fingerprint density at radius 2 is 2.06 bits per heavy atom. The van der Waals surface area contributed by atoms with E-state index in [1.807, 2.05) is 6.92 Å². The third-order valence-corrected chi connectivity index (χ3v) is 3.18. The Balaban J connectivity index is 2.17. The van der Waals surface area contributed by atoms with Gasteiger partial charge in [0.1, 0.15) is 11.9 Å². The molecule has 0 radical (unpaired) electrons. The first-order valence-electron chi connectivity index (χ1n) is 5.58. The summed E-state index contributed by atoms with van der Waals surface area (Å²) in [4.78, 5) is 0. The fourth-order valence-electron chi connectivity index (χ4n) is 2.25. The molecular formula is C15H14O. The van der Waals surface area contributed by atoms with E-state index in [4.69, 9.17) is 4.74 Å². The first kappa shape index (κ1) is 9.46. The highest BCUT2D eigenvalue weighted by Gasteiger charge is 2.24. The van der Waals surface area contributed by atoms with Gasteiger partial charge in [-0.3, -0.25) is 0 Å². The van der Waals surface area contributed by atoms with Crippen molar-refractivity contribution in [1.82, 2.24) is 0 Å². The Hall–Kier alpha value is -1.76. The smallest absolute Gasteiger partial charge is 0.131 e. The van der Waals surface area contributed by atoms with Gasteiger partial charge < -0.3 is 4.74 Å². The van der Waals surface area contributed by atoms with Crippen LogP contribution in [0.15, 0.2) is 48.6 Å². The summed E-state index contributed by atoms with van der Waals surface area (Å²) in [5.41, 5.74) is 2.40. The van der Waals surface area contributed by atoms with Crippen LogP contribution < -0.4 is 4.74 Å². The third-order valence-electron chi connectivity index (χ3n) is 3.18. The molecule has 1 heterocycles. The number of hydrogen-bond acceptors (Lipinski definition) is 1. The zero-order valence-electron chi connectivity index (χ0n) is 9.36. The summed E-state index contributed by atoms with van der Waals surface area (Å²) in [7, 11) is 0. The largest absolute Gasteiger partial charge is 0.485 e. The zero-order valence-corrected chi connectivity index (χ0v) is 9.36. The van der Waals surface area contributed by atoms with Gasteiger partial charge in [0, 0.05) is 11.8 Å². The molecule has 16 heavy (non-hydrogen) atoms. The molecule has 0 N–H and O–H groups in total. The number of benzene rings is 2. The van der Waals surface area contributed by atoms with E-state index in [2.05, 4.69) is 43.0 Å². The zero-order chi connectivity index (χ0) is 11.1. The van der Waals surface area contributed by atoms with Gasteiger partial charge in [-0.25, -0.2) is 0 Å². The second kappa shape index (κ2) is 3.38. The molecule has 2 aromatic carbocycles. The molecule has 0 bridgehead atoms. The maximum absolute atomic E-state index is 5.98. The van der Waals surface area contributed by atoms with Crippen LogP contribution >= 0.6 is 0 Å². The molecule has 0 spiro atoms. The summed E-state index contributed by atoms with van der Waals surface area (Å²) in [6.07, 6.45) is 1.11. The molecule has 1 aliphatic rings. The predicted molar refractivity (Wildman–Crippen MR) is 66.9 cm³/mol. The molecule has 0 saturated carbocycles. The number of fused-ring (bicyclic) bond motifs is 3. The Morgan fingerprint density at radius 3 is 2.88 bits per heavy atom. The predicted octanol–water partition coefficient (Wildman–Crippen LogP) is 3.72. The van der Waals surface area contributed by atoms with Gasteiger partial charge in [0.15, 0.2) is 0 Å². The van der Waals surface area contributed by atoms with E-state index < -0.39 is 0 Å². The normalized spacial score (nSPS) is 18.2. The fourth-order valence-corrected chi connectivity index (χ4v) is 2.25. The molecule has 0 aliphatic carbocycles. The van der Waals surface area contributed by atoms with Gasteiger partial charge in [-0.1, -0.05) is 43.0 Å². The van der Waals surface area contributed by atoms with Crippen LogP contribution in [0.2, 0.25) is 0 Å². The second-order valence-electron chi connectivity index (χ2n) is 4.43. The van der Waals surface area contributed by atoms with Gasteiger partial charge in [0.2, 0.25) is 0 Å². The standard InChI is InChI=1S/C15H14O/c1-10(2)14-9-12-8-7-11-5-3-4-6-13(11)15(12)16-14/h3-8,14H,1,9H2,2H3. The number of ether oxygens (including phenoxy) is 1. The Labute approximate surface area is 95.4 Å². The van der Waals surface area contributed by atoms with Crippen LogP contribution in [0.25, 0.3) is 10.8 Å². The lowest BCUT2D eigenvalue weighted by Gasteiger charge is -2.10. The van der Waals surface area contributed by atoms with Crippen molar-refractivity contribution < 1.29 is 4.74 Å². The summed E-state index contributed by atoms with van der Waals surface area (Å²) in [5, 5.41) is 2.45. The minimum absolute atomic E-state index is 0.154. The van der Waals surface area contributed by atoms with Crippen LogP contribution in [0, 0.1) is 0 Å². The maximum atomic E-state index is 5.98. The second-order valence-corrected chi connectivity index (χ2v) is 4.43. The molecule has 1 nitrogen and oxygen atoms in total. The van der Waals surface area contributed by atoms with E-state index >= 15 is 0 Å². The van der Waals surface area contributed by atoms with E-state index in [1.54, 1.807) is 0 Å². The van der Waals surface area contributed by atoms with E-state index in [0.29, 0.717) is 0 Å². The molecule has 0 fully saturated rings. The molecular weight excluding hydrogens is 196 g/mol. The average molecular weight is 210 g/mol. The van der Waals surface area contributed by atoms with Crippen molar-refractivity contribution in [3.63, 3.8) is 0 Å². The van der Waals surface area contributed by atoms with Crippen LogP contribution in [-0.2, 0) is 6.42 Å². The van der Waals surface area contributed by atoms with Crippen molar-refractivity contribution in [2.24, 2.45) is 0 Å². The molecule has 2 aromatic rings. The van der Waals surface area contributed by atoms with Crippen molar-refractivity contribution in [2.75, 3.05) is 0 Å². The molecule has 80 valence electrons. The SMILES string of the molecule is C=C(C)C1Cc2ccc3ccccc3c2O1. The molecule has 3 rings (SSSR count). The molecule has 1 atom stereocenters. The topological polar surface area (TPSA) is 9.23 Å². The summed E-state index contributed by atoms with van der Waals surface area (Å²) >= 11 is 0. The molecule has 1 aliphatic heterocycles. The summed E-state index contributed by atoms with van der Waals surface area (Å²) < 4.78 is 5.98. The highest BCUT2D eigenvalue weighted by molar-refractivity contribution is 5.90. The average Bonchev–Trinajstić information content (AvgIpc) is 2.73. The summed E-state index contributed by atoms with van der Waals surface area (Å²) in [5.74, 6) is 1.05. The third kappa shape index (κ3) is 1.32. The van der Waals surface area contributed by atoms with Crippen molar-refractivity contribution in [3.8, 4) is 5.75 Å². The molecule has 1 heteroatoms. The van der Waals surface area contributed by atoms with Gasteiger partial charge in [-0.05, 0) is 23.4 Å². The Bertz CT molecular complexity index is 569. The fraction of sp³-hybridized carbons (Fsp3) is 0.200.